The second kappa shape index (κ2) is 9.65. The number of phenols is 1. The molecule has 0 amide bonds. The summed E-state index contributed by atoms with van der Waals surface area (Å²) in [7, 11) is 0. The van der Waals surface area contributed by atoms with Crippen molar-refractivity contribution in [1.82, 2.24) is 4.98 Å². The summed E-state index contributed by atoms with van der Waals surface area (Å²) in [5.41, 5.74) is 8.34. The van der Waals surface area contributed by atoms with Crippen molar-refractivity contribution in [2.45, 2.75) is 0 Å². The first-order chi connectivity index (χ1) is 17.8. The molecule has 0 atom stereocenters. The number of rotatable bonds is 5. The molecule has 172 valence electrons. The van der Waals surface area contributed by atoms with Crippen molar-refractivity contribution in [3.05, 3.63) is 156 Å². The minimum absolute atomic E-state index is 0.228. The van der Waals surface area contributed by atoms with Crippen LogP contribution < -0.4 is 0 Å². The predicted molar refractivity (Wildman–Crippen MR) is 151 cm³/mol. The van der Waals surface area contributed by atoms with Crippen molar-refractivity contribution in [2.75, 3.05) is 0 Å². The van der Waals surface area contributed by atoms with Gasteiger partial charge in [0, 0.05) is 0 Å². The fourth-order valence-electron chi connectivity index (χ4n) is 4.58. The maximum absolute atomic E-state index is 10.9. The highest BCUT2D eigenvalue weighted by molar-refractivity contribution is 7.21. The highest BCUT2D eigenvalue weighted by Crippen LogP contribution is 2.41. The van der Waals surface area contributed by atoms with Crippen molar-refractivity contribution in [3.8, 4) is 16.3 Å². The molecule has 0 fully saturated rings. The SMILES string of the molecule is Oc1ccc(C(=C(c2ccccc2)c2ccccc2)c2ccccc2)cc1-c1nc2ccccc2s1. The topological polar surface area (TPSA) is 33.1 Å². The number of hydrogen-bond donors (Lipinski definition) is 1. The van der Waals surface area contributed by atoms with Crippen LogP contribution in [0.3, 0.4) is 0 Å². The molecule has 1 heterocycles. The number of phenolic OH excluding ortho intramolecular Hbond substituents is 1. The molecular formula is C33H23NOS. The van der Waals surface area contributed by atoms with E-state index in [1.54, 1.807) is 17.4 Å². The molecule has 0 spiro atoms. The van der Waals surface area contributed by atoms with E-state index in [2.05, 4.69) is 84.9 Å². The molecule has 1 aromatic heterocycles. The van der Waals surface area contributed by atoms with Gasteiger partial charge in [0.15, 0.2) is 0 Å². The average Bonchev–Trinajstić information content (AvgIpc) is 3.38. The molecule has 1 N–H and O–H groups in total. The number of nitrogens with zero attached hydrogens (tertiary/aromatic N) is 1. The predicted octanol–water partition coefficient (Wildman–Crippen LogP) is 8.68. The number of para-hydroxylation sites is 1. The molecule has 6 rings (SSSR count). The summed E-state index contributed by atoms with van der Waals surface area (Å²) in [4.78, 5) is 4.82. The lowest BCUT2D eigenvalue weighted by atomic mass is 9.85. The fourth-order valence-corrected chi connectivity index (χ4v) is 5.57. The molecule has 0 saturated carbocycles. The lowest BCUT2D eigenvalue weighted by Crippen LogP contribution is -1.98. The summed E-state index contributed by atoms with van der Waals surface area (Å²) in [5.74, 6) is 0.228. The van der Waals surface area contributed by atoms with Crippen LogP contribution in [0, 0.1) is 0 Å². The van der Waals surface area contributed by atoms with Gasteiger partial charge in [-0.1, -0.05) is 109 Å². The standard InChI is InChI=1S/C33H23NOS/c35-29-21-20-26(22-27(29)33-34-28-18-10-11-19-30(28)36-33)32(25-16-8-3-9-17-25)31(23-12-4-1-5-13-23)24-14-6-2-7-15-24/h1-22,35H. The van der Waals surface area contributed by atoms with Crippen LogP contribution in [0.4, 0.5) is 0 Å². The molecule has 0 aliphatic heterocycles. The maximum Gasteiger partial charge on any atom is 0.128 e. The van der Waals surface area contributed by atoms with Gasteiger partial charge in [-0.2, -0.15) is 0 Å². The number of thiazole rings is 1. The number of fused-ring (bicyclic) bond motifs is 1. The minimum atomic E-state index is 0.228. The number of benzene rings is 5. The van der Waals surface area contributed by atoms with E-state index in [0.29, 0.717) is 0 Å². The zero-order valence-corrected chi connectivity index (χ0v) is 20.3. The average molecular weight is 482 g/mol. The Morgan fingerprint density at radius 2 is 1.03 bits per heavy atom. The summed E-state index contributed by atoms with van der Waals surface area (Å²) in [6.07, 6.45) is 0. The first-order valence-electron chi connectivity index (χ1n) is 11.9. The highest BCUT2D eigenvalue weighted by Gasteiger charge is 2.18. The van der Waals surface area contributed by atoms with Gasteiger partial charge in [-0.15, -0.1) is 11.3 Å². The minimum Gasteiger partial charge on any atom is -0.507 e. The van der Waals surface area contributed by atoms with E-state index in [9.17, 15) is 5.11 Å². The Morgan fingerprint density at radius 1 is 0.528 bits per heavy atom. The quantitative estimate of drug-likeness (QED) is 0.250. The zero-order chi connectivity index (χ0) is 24.3. The van der Waals surface area contributed by atoms with Gasteiger partial charge in [0.05, 0.1) is 15.8 Å². The normalized spacial score (nSPS) is 10.9. The third kappa shape index (κ3) is 4.21. The Kier molecular flexibility index (Phi) is 5.90. The summed E-state index contributed by atoms with van der Waals surface area (Å²) in [6.45, 7) is 0. The maximum atomic E-state index is 10.9. The van der Waals surface area contributed by atoms with E-state index in [0.717, 1.165) is 54.2 Å². The second-order valence-corrected chi connectivity index (χ2v) is 9.60. The lowest BCUT2D eigenvalue weighted by molar-refractivity contribution is 0.477. The van der Waals surface area contributed by atoms with Crippen LogP contribution in [0.1, 0.15) is 22.3 Å². The molecule has 0 unspecified atom stereocenters. The van der Waals surface area contributed by atoms with Gasteiger partial charge in [0.2, 0.25) is 0 Å². The number of aromatic hydroxyl groups is 1. The van der Waals surface area contributed by atoms with Gasteiger partial charge in [-0.25, -0.2) is 4.98 Å². The van der Waals surface area contributed by atoms with Gasteiger partial charge in [0.1, 0.15) is 10.8 Å². The van der Waals surface area contributed by atoms with Crippen LogP contribution in [-0.2, 0) is 0 Å². The van der Waals surface area contributed by atoms with Crippen molar-refractivity contribution in [2.24, 2.45) is 0 Å². The molecule has 0 aliphatic carbocycles. The van der Waals surface area contributed by atoms with Gasteiger partial charge in [-0.3, -0.25) is 0 Å². The van der Waals surface area contributed by atoms with Crippen molar-refractivity contribution in [3.63, 3.8) is 0 Å². The molecule has 0 bridgehead atoms. The number of aromatic nitrogens is 1. The second-order valence-electron chi connectivity index (χ2n) is 8.57. The van der Waals surface area contributed by atoms with Gasteiger partial charge >= 0.3 is 0 Å². The van der Waals surface area contributed by atoms with Gasteiger partial charge in [0.25, 0.3) is 0 Å². The summed E-state index contributed by atoms with van der Waals surface area (Å²) >= 11 is 1.59. The van der Waals surface area contributed by atoms with Gasteiger partial charge < -0.3 is 5.11 Å². The molecule has 0 radical (unpaired) electrons. The molecule has 5 aromatic carbocycles. The van der Waals surface area contributed by atoms with E-state index in [1.807, 2.05) is 42.5 Å². The molecule has 3 heteroatoms. The Labute approximate surface area is 214 Å². The molecule has 36 heavy (non-hydrogen) atoms. The Bertz CT molecular complexity index is 1590. The molecule has 0 aliphatic rings. The van der Waals surface area contributed by atoms with Crippen LogP contribution in [0.15, 0.2) is 133 Å². The molecular weight excluding hydrogens is 458 g/mol. The van der Waals surface area contributed by atoms with Crippen LogP contribution in [-0.4, -0.2) is 10.1 Å². The smallest absolute Gasteiger partial charge is 0.128 e. The summed E-state index contributed by atoms with van der Waals surface area (Å²) in [5, 5.41) is 11.7. The largest absolute Gasteiger partial charge is 0.507 e. The summed E-state index contributed by atoms with van der Waals surface area (Å²) in [6, 6.07) is 45.4. The summed E-state index contributed by atoms with van der Waals surface area (Å²) < 4.78 is 1.10. The number of hydrogen-bond acceptors (Lipinski definition) is 3. The zero-order valence-electron chi connectivity index (χ0n) is 19.5. The lowest BCUT2D eigenvalue weighted by Gasteiger charge is -2.19. The van der Waals surface area contributed by atoms with E-state index in [4.69, 9.17) is 4.98 Å². The van der Waals surface area contributed by atoms with Crippen LogP contribution in [0.25, 0.3) is 31.9 Å². The van der Waals surface area contributed by atoms with E-state index < -0.39 is 0 Å². The van der Waals surface area contributed by atoms with Crippen LogP contribution in [0.2, 0.25) is 0 Å². The highest BCUT2D eigenvalue weighted by atomic mass is 32.1. The third-order valence-electron chi connectivity index (χ3n) is 6.25. The Balaban J connectivity index is 1.65. The molecule has 2 nitrogen and oxygen atoms in total. The van der Waals surface area contributed by atoms with Crippen LogP contribution in [0.5, 0.6) is 5.75 Å². The van der Waals surface area contributed by atoms with Crippen molar-refractivity contribution < 1.29 is 5.11 Å². The van der Waals surface area contributed by atoms with Crippen molar-refractivity contribution >= 4 is 32.7 Å². The fraction of sp³-hybridized carbons (Fsp3) is 0. The first-order valence-corrected chi connectivity index (χ1v) is 12.7. The molecule has 0 saturated heterocycles. The van der Waals surface area contributed by atoms with E-state index >= 15 is 0 Å². The van der Waals surface area contributed by atoms with Gasteiger partial charge in [-0.05, 0) is 57.7 Å². The Morgan fingerprint density at radius 3 is 1.58 bits per heavy atom. The van der Waals surface area contributed by atoms with E-state index in [-0.39, 0.29) is 5.75 Å². The molecule has 6 aromatic rings. The van der Waals surface area contributed by atoms with Crippen molar-refractivity contribution in [1.29, 1.82) is 0 Å². The van der Waals surface area contributed by atoms with E-state index in [1.165, 1.54) is 0 Å². The monoisotopic (exact) mass is 481 g/mol. The first kappa shape index (κ1) is 22.0. The van der Waals surface area contributed by atoms with Crippen LogP contribution >= 0.6 is 11.3 Å². The third-order valence-corrected chi connectivity index (χ3v) is 7.32. The Hall–Kier alpha value is -4.47.